The van der Waals surface area contributed by atoms with Crippen molar-refractivity contribution in [3.05, 3.63) is 29.7 Å². The fourth-order valence-electron chi connectivity index (χ4n) is 3.90. The van der Waals surface area contributed by atoms with Crippen LogP contribution in [0.2, 0.25) is 0 Å². The molecule has 3 heterocycles. The molecule has 1 saturated heterocycles. The average molecular weight is 386 g/mol. The lowest BCUT2D eigenvalue weighted by Gasteiger charge is -2.27. The van der Waals surface area contributed by atoms with Gasteiger partial charge >= 0.3 is 0 Å². The van der Waals surface area contributed by atoms with Crippen LogP contribution in [-0.2, 0) is 18.3 Å². The molecule has 0 spiro atoms. The second-order valence-electron chi connectivity index (χ2n) is 7.74. The lowest BCUT2D eigenvalue weighted by Crippen LogP contribution is -2.42. The summed E-state index contributed by atoms with van der Waals surface area (Å²) in [6.07, 6.45) is 8.07. The minimum atomic E-state index is -0.0394. The highest BCUT2D eigenvalue weighted by Crippen LogP contribution is 2.35. The third kappa shape index (κ3) is 3.79. The first-order valence-electron chi connectivity index (χ1n) is 9.89. The van der Waals surface area contributed by atoms with E-state index >= 15 is 0 Å². The zero-order valence-electron chi connectivity index (χ0n) is 16.4. The van der Waals surface area contributed by atoms with Crippen LogP contribution in [0.15, 0.2) is 16.9 Å². The third-order valence-corrected chi connectivity index (χ3v) is 5.76. The van der Waals surface area contributed by atoms with Crippen LogP contribution >= 0.6 is 0 Å². The van der Waals surface area contributed by atoms with Gasteiger partial charge in [0.15, 0.2) is 5.82 Å². The Labute approximate surface area is 163 Å². The van der Waals surface area contributed by atoms with E-state index in [1.54, 1.807) is 35.9 Å². The van der Waals surface area contributed by atoms with Gasteiger partial charge in [0.2, 0.25) is 11.8 Å². The summed E-state index contributed by atoms with van der Waals surface area (Å²) < 4.78 is 6.98. The van der Waals surface area contributed by atoms with Crippen LogP contribution in [0, 0.1) is 0 Å². The number of aryl methyl sites for hydroxylation is 1. The summed E-state index contributed by atoms with van der Waals surface area (Å²) in [7, 11) is 1.79. The van der Waals surface area contributed by atoms with Crippen molar-refractivity contribution < 1.29 is 14.1 Å². The largest absolute Gasteiger partial charge is 0.339 e. The van der Waals surface area contributed by atoms with Crippen molar-refractivity contribution in [2.45, 2.75) is 51.0 Å². The fourth-order valence-corrected chi connectivity index (χ4v) is 3.90. The molecule has 28 heavy (non-hydrogen) atoms. The SMILES string of the molecule is CC(=O)N(CCc1noc(C2CCC2)n1)C1CCN(C(=O)c2cnn(C)c2)C1. The van der Waals surface area contributed by atoms with E-state index in [2.05, 4.69) is 15.2 Å². The molecule has 0 bridgehead atoms. The molecule has 0 aromatic carbocycles. The summed E-state index contributed by atoms with van der Waals surface area (Å²) in [5.74, 6) is 1.75. The quantitative estimate of drug-likeness (QED) is 0.744. The van der Waals surface area contributed by atoms with E-state index in [-0.39, 0.29) is 17.9 Å². The molecule has 1 aliphatic carbocycles. The standard InChI is InChI=1S/C19H26N6O3/c1-13(26)25(9-7-17-21-18(28-22-17)14-4-3-5-14)16-6-8-24(12-16)19(27)15-10-20-23(2)11-15/h10-11,14,16H,3-9,12H2,1-2H3. The Morgan fingerprint density at radius 2 is 2.14 bits per heavy atom. The van der Waals surface area contributed by atoms with Crippen LogP contribution in [0.25, 0.3) is 0 Å². The van der Waals surface area contributed by atoms with E-state index in [0.29, 0.717) is 43.4 Å². The van der Waals surface area contributed by atoms with Crippen LogP contribution in [0.5, 0.6) is 0 Å². The lowest BCUT2D eigenvalue weighted by molar-refractivity contribution is -0.130. The number of aromatic nitrogens is 4. The molecular formula is C19H26N6O3. The topological polar surface area (TPSA) is 97.4 Å². The Hall–Kier alpha value is -2.71. The van der Waals surface area contributed by atoms with E-state index in [1.165, 1.54) is 6.42 Å². The van der Waals surface area contributed by atoms with E-state index in [9.17, 15) is 9.59 Å². The Morgan fingerprint density at radius 1 is 1.32 bits per heavy atom. The second-order valence-corrected chi connectivity index (χ2v) is 7.74. The Kier molecular flexibility index (Phi) is 5.15. The smallest absolute Gasteiger partial charge is 0.257 e. The van der Waals surface area contributed by atoms with E-state index in [4.69, 9.17) is 4.52 Å². The molecule has 2 aliphatic rings. The molecule has 0 N–H and O–H groups in total. The fraction of sp³-hybridized carbons (Fsp3) is 0.632. The normalized spacial score (nSPS) is 19.6. The van der Waals surface area contributed by atoms with Crippen molar-refractivity contribution in [2.75, 3.05) is 19.6 Å². The molecule has 2 amide bonds. The number of likely N-dealkylation sites (tertiary alicyclic amines) is 1. The van der Waals surface area contributed by atoms with Gasteiger partial charge in [0, 0.05) is 52.1 Å². The van der Waals surface area contributed by atoms with E-state index in [1.807, 2.05) is 4.90 Å². The zero-order valence-corrected chi connectivity index (χ0v) is 16.4. The number of hydrogen-bond donors (Lipinski definition) is 0. The van der Waals surface area contributed by atoms with Gasteiger partial charge in [-0.1, -0.05) is 11.6 Å². The Bertz CT molecular complexity index is 855. The zero-order chi connectivity index (χ0) is 19.7. The van der Waals surface area contributed by atoms with Crippen molar-refractivity contribution in [1.82, 2.24) is 29.7 Å². The van der Waals surface area contributed by atoms with Crippen molar-refractivity contribution >= 4 is 11.8 Å². The van der Waals surface area contributed by atoms with Gasteiger partial charge in [0.25, 0.3) is 5.91 Å². The van der Waals surface area contributed by atoms with Crippen LogP contribution in [0.1, 0.15) is 60.6 Å². The molecular weight excluding hydrogens is 360 g/mol. The highest BCUT2D eigenvalue weighted by atomic mass is 16.5. The molecule has 4 rings (SSSR count). The maximum Gasteiger partial charge on any atom is 0.257 e. The first kappa shape index (κ1) is 18.6. The predicted molar refractivity (Wildman–Crippen MR) is 99.5 cm³/mol. The predicted octanol–water partition coefficient (Wildman–Crippen LogP) is 1.38. The van der Waals surface area contributed by atoms with Gasteiger partial charge in [0.05, 0.1) is 17.8 Å². The number of hydrogen-bond acceptors (Lipinski definition) is 6. The van der Waals surface area contributed by atoms with Crippen molar-refractivity contribution in [1.29, 1.82) is 0 Å². The van der Waals surface area contributed by atoms with Gasteiger partial charge in [0.1, 0.15) is 0 Å². The second kappa shape index (κ2) is 7.73. The third-order valence-electron chi connectivity index (χ3n) is 5.76. The molecule has 9 nitrogen and oxygen atoms in total. The minimum absolute atomic E-state index is 0.00314. The molecule has 2 fully saturated rings. The van der Waals surface area contributed by atoms with Crippen LogP contribution in [0.4, 0.5) is 0 Å². The van der Waals surface area contributed by atoms with Crippen molar-refractivity contribution in [3.8, 4) is 0 Å². The molecule has 1 unspecified atom stereocenters. The van der Waals surface area contributed by atoms with Gasteiger partial charge < -0.3 is 14.3 Å². The number of carbonyl (C=O) groups is 2. The molecule has 150 valence electrons. The molecule has 1 saturated carbocycles. The molecule has 2 aromatic heterocycles. The van der Waals surface area contributed by atoms with Gasteiger partial charge in [-0.15, -0.1) is 0 Å². The summed E-state index contributed by atoms with van der Waals surface area (Å²) in [5, 5.41) is 8.13. The van der Waals surface area contributed by atoms with Crippen LogP contribution in [-0.4, -0.2) is 67.2 Å². The monoisotopic (exact) mass is 386 g/mol. The van der Waals surface area contributed by atoms with E-state index < -0.39 is 0 Å². The maximum atomic E-state index is 12.6. The van der Waals surface area contributed by atoms with Crippen molar-refractivity contribution in [2.24, 2.45) is 7.05 Å². The molecule has 2 aromatic rings. The molecule has 1 aliphatic heterocycles. The Morgan fingerprint density at radius 3 is 2.79 bits per heavy atom. The van der Waals surface area contributed by atoms with Gasteiger partial charge in [-0.05, 0) is 19.3 Å². The number of nitrogens with zero attached hydrogens (tertiary/aromatic N) is 6. The summed E-state index contributed by atoms with van der Waals surface area (Å²) in [6.45, 7) is 3.27. The van der Waals surface area contributed by atoms with Crippen LogP contribution in [0.3, 0.4) is 0 Å². The first-order chi connectivity index (χ1) is 13.5. The van der Waals surface area contributed by atoms with Gasteiger partial charge in [-0.3, -0.25) is 14.3 Å². The first-order valence-corrected chi connectivity index (χ1v) is 9.89. The molecule has 0 radical (unpaired) electrons. The van der Waals surface area contributed by atoms with Gasteiger partial charge in [-0.25, -0.2) is 0 Å². The summed E-state index contributed by atoms with van der Waals surface area (Å²) in [6, 6.07) is 0.0103. The number of rotatable bonds is 6. The summed E-state index contributed by atoms with van der Waals surface area (Å²) in [4.78, 5) is 32.9. The number of amides is 2. The van der Waals surface area contributed by atoms with Crippen LogP contribution < -0.4 is 0 Å². The Balaban J connectivity index is 1.34. The summed E-state index contributed by atoms with van der Waals surface area (Å²) >= 11 is 0. The highest BCUT2D eigenvalue weighted by molar-refractivity contribution is 5.94. The summed E-state index contributed by atoms with van der Waals surface area (Å²) in [5.41, 5.74) is 0.577. The number of carbonyl (C=O) groups excluding carboxylic acids is 2. The average Bonchev–Trinajstić information content (AvgIpc) is 3.34. The minimum Gasteiger partial charge on any atom is -0.339 e. The highest BCUT2D eigenvalue weighted by Gasteiger charge is 2.33. The van der Waals surface area contributed by atoms with E-state index in [0.717, 1.165) is 25.2 Å². The molecule has 1 atom stereocenters. The molecule has 9 heteroatoms. The lowest BCUT2D eigenvalue weighted by atomic mass is 9.85. The van der Waals surface area contributed by atoms with Crippen molar-refractivity contribution in [3.63, 3.8) is 0 Å². The maximum absolute atomic E-state index is 12.6. The van der Waals surface area contributed by atoms with Gasteiger partial charge in [-0.2, -0.15) is 10.1 Å².